The number of nitrogen functional groups attached to an aromatic ring is 1. The van der Waals surface area contributed by atoms with Crippen LogP contribution in [0.2, 0.25) is 0 Å². The molecule has 1 aromatic rings. The number of aromatic nitrogens is 2. The number of aryl methyl sites for hydroxylation is 1. The van der Waals surface area contributed by atoms with Crippen molar-refractivity contribution in [3.05, 3.63) is 11.9 Å². The van der Waals surface area contributed by atoms with Gasteiger partial charge >= 0.3 is 0 Å². The zero-order chi connectivity index (χ0) is 12.0. The molecule has 0 radical (unpaired) electrons. The van der Waals surface area contributed by atoms with Gasteiger partial charge < -0.3 is 15.8 Å². The van der Waals surface area contributed by atoms with Gasteiger partial charge in [0, 0.05) is 18.7 Å². The second kappa shape index (κ2) is 6.24. The SMILES string of the molecule is CCC(CCO)Nc1cc(NN)nc(C)n1. The summed E-state index contributed by atoms with van der Waals surface area (Å²) < 4.78 is 0. The van der Waals surface area contributed by atoms with Crippen LogP contribution in [0.4, 0.5) is 11.6 Å². The Bertz CT molecular complexity index is 331. The molecule has 0 fully saturated rings. The second-order valence-corrected chi connectivity index (χ2v) is 3.59. The normalized spacial score (nSPS) is 12.2. The average Bonchev–Trinajstić information content (AvgIpc) is 2.27. The molecular weight excluding hydrogens is 206 g/mol. The lowest BCUT2D eigenvalue weighted by molar-refractivity contribution is 0.278. The topological polar surface area (TPSA) is 96.1 Å². The first-order valence-electron chi connectivity index (χ1n) is 5.39. The summed E-state index contributed by atoms with van der Waals surface area (Å²) in [6.45, 7) is 4.03. The van der Waals surface area contributed by atoms with E-state index in [1.165, 1.54) is 0 Å². The first kappa shape index (κ1) is 12.7. The molecule has 1 atom stereocenters. The van der Waals surface area contributed by atoms with Crippen LogP contribution in [0.1, 0.15) is 25.6 Å². The van der Waals surface area contributed by atoms with Crippen LogP contribution in [0.25, 0.3) is 0 Å². The fraction of sp³-hybridized carbons (Fsp3) is 0.600. The van der Waals surface area contributed by atoms with E-state index in [0.29, 0.717) is 18.1 Å². The van der Waals surface area contributed by atoms with Gasteiger partial charge in [0.2, 0.25) is 0 Å². The second-order valence-electron chi connectivity index (χ2n) is 3.59. The summed E-state index contributed by atoms with van der Waals surface area (Å²) in [5, 5.41) is 12.1. The van der Waals surface area contributed by atoms with E-state index in [-0.39, 0.29) is 12.6 Å². The van der Waals surface area contributed by atoms with Crippen LogP contribution < -0.4 is 16.6 Å². The van der Waals surface area contributed by atoms with Crippen molar-refractivity contribution in [1.82, 2.24) is 9.97 Å². The Kier molecular flexibility index (Phi) is 4.94. The molecule has 1 unspecified atom stereocenters. The van der Waals surface area contributed by atoms with Crippen LogP contribution in [-0.2, 0) is 0 Å². The minimum atomic E-state index is 0.164. The summed E-state index contributed by atoms with van der Waals surface area (Å²) in [5.41, 5.74) is 2.49. The Labute approximate surface area is 95.3 Å². The molecule has 0 amide bonds. The monoisotopic (exact) mass is 225 g/mol. The van der Waals surface area contributed by atoms with Crippen LogP contribution in [0, 0.1) is 6.92 Å². The van der Waals surface area contributed by atoms with Crippen molar-refractivity contribution in [1.29, 1.82) is 0 Å². The van der Waals surface area contributed by atoms with E-state index in [1.807, 2.05) is 0 Å². The van der Waals surface area contributed by atoms with E-state index >= 15 is 0 Å². The zero-order valence-electron chi connectivity index (χ0n) is 9.70. The van der Waals surface area contributed by atoms with Gasteiger partial charge in [-0.3, -0.25) is 0 Å². The number of hydrogen-bond acceptors (Lipinski definition) is 6. The molecule has 0 saturated carbocycles. The first-order valence-corrected chi connectivity index (χ1v) is 5.39. The molecule has 0 aliphatic rings. The van der Waals surface area contributed by atoms with Crippen molar-refractivity contribution in [2.75, 3.05) is 17.3 Å². The Morgan fingerprint density at radius 3 is 2.69 bits per heavy atom. The number of hydrogen-bond donors (Lipinski definition) is 4. The number of aliphatic hydroxyl groups is 1. The van der Waals surface area contributed by atoms with Crippen molar-refractivity contribution in [2.24, 2.45) is 5.84 Å². The van der Waals surface area contributed by atoms with Crippen LogP contribution >= 0.6 is 0 Å². The number of aliphatic hydroxyl groups excluding tert-OH is 1. The lowest BCUT2D eigenvalue weighted by Crippen LogP contribution is -2.21. The quantitative estimate of drug-likeness (QED) is 0.419. The molecule has 0 aromatic carbocycles. The highest BCUT2D eigenvalue weighted by Crippen LogP contribution is 2.13. The summed E-state index contributed by atoms with van der Waals surface area (Å²) in [5.74, 6) is 7.25. The first-order chi connectivity index (χ1) is 7.69. The molecule has 16 heavy (non-hydrogen) atoms. The molecule has 6 nitrogen and oxygen atoms in total. The van der Waals surface area contributed by atoms with E-state index in [4.69, 9.17) is 10.9 Å². The van der Waals surface area contributed by atoms with Crippen molar-refractivity contribution in [3.63, 3.8) is 0 Å². The lowest BCUT2D eigenvalue weighted by Gasteiger charge is -2.16. The number of nitrogens with two attached hydrogens (primary N) is 1. The minimum absolute atomic E-state index is 0.164. The zero-order valence-corrected chi connectivity index (χ0v) is 9.70. The molecule has 0 spiro atoms. The average molecular weight is 225 g/mol. The molecule has 1 heterocycles. The molecule has 0 aliphatic heterocycles. The lowest BCUT2D eigenvalue weighted by atomic mass is 10.1. The molecule has 0 saturated heterocycles. The number of rotatable bonds is 6. The highest BCUT2D eigenvalue weighted by atomic mass is 16.3. The summed E-state index contributed by atoms with van der Waals surface area (Å²) in [6, 6.07) is 1.96. The minimum Gasteiger partial charge on any atom is -0.396 e. The number of hydrazine groups is 1. The van der Waals surface area contributed by atoms with Gasteiger partial charge in [-0.1, -0.05) is 6.92 Å². The van der Waals surface area contributed by atoms with Gasteiger partial charge in [-0.15, -0.1) is 0 Å². The van der Waals surface area contributed by atoms with E-state index < -0.39 is 0 Å². The van der Waals surface area contributed by atoms with E-state index in [2.05, 4.69) is 27.6 Å². The Balaban J connectivity index is 2.74. The summed E-state index contributed by atoms with van der Waals surface area (Å²) in [4.78, 5) is 8.35. The molecule has 6 heteroatoms. The van der Waals surface area contributed by atoms with Gasteiger partial charge in [0.15, 0.2) is 0 Å². The fourth-order valence-corrected chi connectivity index (χ4v) is 1.46. The van der Waals surface area contributed by atoms with Gasteiger partial charge in [0.25, 0.3) is 0 Å². The molecule has 0 aliphatic carbocycles. The van der Waals surface area contributed by atoms with Gasteiger partial charge in [0.05, 0.1) is 0 Å². The van der Waals surface area contributed by atoms with Gasteiger partial charge in [-0.2, -0.15) is 0 Å². The van der Waals surface area contributed by atoms with Crippen LogP contribution in [0.15, 0.2) is 6.07 Å². The van der Waals surface area contributed by atoms with Crippen LogP contribution in [0.3, 0.4) is 0 Å². The standard InChI is InChI=1S/C10H19N5O/c1-3-8(4-5-16)14-9-6-10(15-11)13-7(2)12-9/h6,8,16H,3-5,11H2,1-2H3,(H2,12,13,14,15). The van der Waals surface area contributed by atoms with Crippen molar-refractivity contribution in [2.45, 2.75) is 32.7 Å². The maximum absolute atomic E-state index is 8.90. The van der Waals surface area contributed by atoms with Crippen LogP contribution in [-0.4, -0.2) is 27.7 Å². The molecule has 90 valence electrons. The van der Waals surface area contributed by atoms with Crippen LogP contribution in [0.5, 0.6) is 0 Å². The maximum Gasteiger partial charge on any atom is 0.145 e. The fourth-order valence-electron chi connectivity index (χ4n) is 1.46. The Hall–Kier alpha value is -1.40. The molecule has 5 N–H and O–H groups in total. The summed E-state index contributed by atoms with van der Waals surface area (Å²) in [7, 11) is 0. The highest BCUT2D eigenvalue weighted by molar-refractivity contribution is 5.47. The van der Waals surface area contributed by atoms with Crippen molar-refractivity contribution >= 4 is 11.6 Å². The summed E-state index contributed by atoms with van der Waals surface area (Å²) >= 11 is 0. The third-order valence-electron chi connectivity index (χ3n) is 2.31. The Morgan fingerprint density at radius 1 is 1.44 bits per heavy atom. The van der Waals surface area contributed by atoms with Crippen molar-refractivity contribution in [3.8, 4) is 0 Å². The van der Waals surface area contributed by atoms with Gasteiger partial charge in [0.1, 0.15) is 17.5 Å². The third-order valence-corrected chi connectivity index (χ3v) is 2.31. The van der Waals surface area contributed by atoms with Gasteiger partial charge in [-0.05, 0) is 19.8 Å². The number of nitrogens with one attached hydrogen (secondary N) is 2. The molecule has 1 aromatic heterocycles. The molecular formula is C10H19N5O. The smallest absolute Gasteiger partial charge is 0.145 e. The largest absolute Gasteiger partial charge is 0.396 e. The third kappa shape index (κ3) is 3.63. The Morgan fingerprint density at radius 2 is 2.12 bits per heavy atom. The van der Waals surface area contributed by atoms with E-state index in [9.17, 15) is 0 Å². The maximum atomic E-state index is 8.90. The molecule has 0 bridgehead atoms. The van der Waals surface area contributed by atoms with E-state index in [1.54, 1.807) is 13.0 Å². The number of nitrogens with zero attached hydrogens (tertiary/aromatic N) is 2. The van der Waals surface area contributed by atoms with Crippen molar-refractivity contribution < 1.29 is 5.11 Å². The summed E-state index contributed by atoms with van der Waals surface area (Å²) in [6.07, 6.45) is 1.62. The van der Waals surface area contributed by atoms with Gasteiger partial charge in [-0.25, -0.2) is 15.8 Å². The number of anilines is 2. The molecule has 1 rings (SSSR count). The van der Waals surface area contributed by atoms with E-state index in [0.717, 1.165) is 12.2 Å². The highest BCUT2D eigenvalue weighted by Gasteiger charge is 2.07. The predicted molar refractivity (Wildman–Crippen MR) is 64.0 cm³/mol. The predicted octanol–water partition coefficient (Wildman–Crippen LogP) is 0.644.